The highest BCUT2D eigenvalue weighted by Crippen LogP contribution is 2.28. The number of thioether (sulfide) groups is 1. The summed E-state index contributed by atoms with van der Waals surface area (Å²) in [6.07, 6.45) is 4.46. The molecule has 0 atom stereocenters. The molecule has 5 heteroatoms. The Kier molecular flexibility index (Phi) is 5.62. The van der Waals surface area contributed by atoms with Gasteiger partial charge < -0.3 is 4.90 Å². The van der Waals surface area contributed by atoms with Crippen molar-refractivity contribution in [2.75, 3.05) is 0 Å². The molecule has 116 valence electrons. The Balaban J connectivity index is 2.12. The highest BCUT2D eigenvalue weighted by atomic mass is 32.2. The van der Waals surface area contributed by atoms with E-state index >= 15 is 0 Å². The largest absolute Gasteiger partial charge is 0.333 e. The molecule has 2 nitrogen and oxygen atoms in total. The van der Waals surface area contributed by atoms with Crippen molar-refractivity contribution in [2.45, 2.75) is 62.3 Å². The smallest absolute Gasteiger partial charge is 0.288 e. The summed E-state index contributed by atoms with van der Waals surface area (Å²) < 4.78 is 24.6. The van der Waals surface area contributed by atoms with E-state index in [2.05, 4.69) is 0 Å². The predicted molar refractivity (Wildman–Crippen MR) is 81.9 cm³/mol. The average Bonchev–Trinajstić information content (AvgIpc) is 2.92. The fourth-order valence-electron chi connectivity index (χ4n) is 2.93. The van der Waals surface area contributed by atoms with E-state index in [-0.39, 0.29) is 11.9 Å². The molecule has 2 rings (SSSR count). The number of benzene rings is 1. The van der Waals surface area contributed by atoms with Crippen LogP contribution in [0.15, 0.2) is 29.2 Å². The standard InChI is InChI=1S/C16H21F2NOS/c1-11(2)19(13-5-3-4-6-13)15(20)12-7-9-14(10-8-12)21-16(17)18/h7-11,13,16H,3-6H2,1-2H3. The maximum Gasteiger partial charge on any atom is 0.288 e. The van der Waals surface area contributed by atoms with Crippen molar-refractivity contribution in [3.05, 3.63) is 29.8 Å². The minimum atomic E-state index is -2.43. The second kappa shape index (κ2) is 7.25. The molecule has 0 bridgehead atoms. The van der Waals surface area contributed by atoms with Gasteiger partial charge >= 0.3 is 0 Å². The molecular formula is C16H21F2NOS. The summed E-state index contributed by atoms with van der Waals surface area (Å²) in [5.41, 5.74) is 0.578. The molecule has 1 aromatic rings. The zero-order chi connectivity index (χ0) is 15.4. The van der Waals surface area contributed by atoms with Crippen molar-refractivity contribution in [3.8, 4) is 0 Å². The Morgan fingerprint density at radius 1 is 1.19 bits per heavy atom. The predicted octanol–water partition coefficient (Wildman–Crippen LogP) is 4.79. The van der Waals surface area contributed by atoms with Gasteiger partial charge in [0.1, 0.15) is 0 Å². The van der Waals surface area contributed by atoms with Gasteiger partial charge in [-0.2, -0.15) is 8.78 Å². The van der Waals surface area contributed by atoms with Crippen molar-refractivity contribution in [1.29, 1.82) is 0 Å². The highest BCUT2D eigenvalue weighted by Gasteiger charge is 2.29. The van der Waals surface area contributed by atoms with Gasteiger partial charge in [0.05, 0.1) is 0 Å². The summed E-state index contributed by atoms with van der Waals surface area (Å²) in [5.74, 6) is -2.43. The second-order valence-corrected chi connectivity index (χ2v) is 6.71. The number of alkyl halides is 2. The molecule has 1 fully saturated rings. The van der Waals surface area contributed by atoms with Crippen LogP contribution < -0.4 is 0 Å². The van der Waals surface area contributed by atoms with Crippen LogP contribution in [0.1, 0.15) is 49.9 Å². The number of amides is 1. The summed E-state index contributed by atoms with van der Waals surface area (Å²) in [5, 5.41) is 0. The lowest BCUT2D eigenvalue weighted by atomic mass is 10.1. The van der Waals surface area contributed by atoms with Gasteiger partial charge in [-0.15, -0.1) is 0 Å². The van der Waals surface area contributed by atoms with Gasteiger partial charge in [-0.25, -0.2) is 0 Å². The van der Waals surface area contributed by atoms with Gasteiger partial charge in [-0.1, -0.05) is 24.6 Å². The first-order valence-electron chi connectivity index (χ1n) is 7.36. The molecule has 0 radical (unpaired) electrons. The summed E-state index contributed by atoms with van der Waals surface area (Å²) in [4.78, 5) is 15.1. The third-order valence-corrected chi connectivity index (χ3v) is 4.56. The van der Waals surface area contributed by atoms with Crippen LogP contribution in [0.25, 0.3) is 0 Å². The maximum absolute atomic E-state index is 12.7. The molecule has 1 aromatic carbocycles. The molecule has 0 aromatic heterocycles. The summed E-state index contributed by atoms with van der Waals surface area (Å²) in [7, 11) is 0. The number of carbonyl (C=O) groups excluding carboxylic acids is 1. The zero-order valence-electron chi connectivity index (χ0n) is 12.4. The molecule has 0 spiro atoms. The van der Waals surface area contributed by atoms with E-state index < -0.39 is 5.76 Å². The lowest BCUT2D eigenvalue weighted by Crippen LogP contribution is -2.43. The fraction of sp³-hybridized carbons (Fsp3) is 0.562. The van der Waals surface area contributed by atoms with E-state index in [0.29, 0.717) is 28.3 Å². The Morgan fingerprint density at radius 2 is 1.76 bits per heavy atom. The quantitative estimate of drug-likeness (QED) is 0.728. The average molecular weight is 313 g/mol. The zero-order valence-corrected chi connectivity index (χ0v) is 13.2. The van der Waals surface area contributed by atoms with Crippen molar-refractivity contribution in [2.24, 2.45) is 0 Å². The van der Waals surface area contributed by atoms with Gasteiger partial charge in [-0.3, -0.25) is 4.79 Å². The van der Waals surface area contributed by atoms with E-state index in [1.54, 1.807) is 24.3 Å². The van der Waals surface area contributed by atoms with Crippen molar-refractivity contribution >= 4 is 17.7 Å². The third kappa shape index (κ3) is 4.19. The third-order valence-electron chi connectivity index (χ3n) is 3.84. The van der Waals surface area contributed by atoms with Crippen molar-refractivity contribution in [3.63, 3.8) is 0 Å². The molecule has 0 N–H and O–H groups in total. The monoisotopic (exact) mass is 313 g/mol. The van der Waals surface area contributed by atoms with Crippen LogP contribution in [0.3, 0.4) is 0 Å². The molecule has 0 aliphatic heterocycles. The molecule has 1 amide bonds. The van der Waals surface area contributed by atoms with Crippen molar-refractivity contribution in [1.82, 2.24) is 4.90 Å². The number of halogens is 2. The van der Waals surface area contributed by atoms with E-state index in [1.807, 2.05) is 18.7 Å². The minimum Gasteiger partial charge on any atom is -0.333 e. The SMILES string of the molecule is CC(C)N(C(=O)c1ccc(SC(F)F)cc1)C1CCCC1. The number of rotatable bonds is 5. The van der Waals surface area contributed by atoms with Gasteiger partial charge in [0, 0.05) is 22.5 Å². The molecule has 1 saturated carbocycles. The Hall–Kier alpha value is -1.10. The molecule has 0 heterocycles. The van der Waals surface area contributed by atoms with E-state index in [4.69, 9.17) is 0 Å². The fourth-order valence-corrected chi connectivity index (χ4v) is 3.43. The first-order chi connectivity index (χ1) is 9.99. The molecule has 0 unspecified atom stereocenters. The topological polar surface area (TPSA) is 20.3 Å². The van der Waals surface area contributed by atoms with Gasteiger partial charge in [0.25, 0.3) is 11.7 Å². The molecule has 0 saturated heterocycles. The first-order valence-corrected chi connectivity index (χ1v) is 8.24. The maximum atomic E-state index is 12.7. The van der Waals surface area contributed by atoms with Crippen LogP contribution in [-0.4, -0.2) is 28.6 Å². The normalized spacial score (nSPS) is 15.9. The Labute approximate surface area is 128 Å². The first kappa shape index (κ1) is 16.3. The minimum absolute atomic E-state index is 0.00509. The Bertz CT molecular complexity index is 470. The lowest BCUT2D eigenvalue weighted by molar-refractivity contribution is 0.0613. The molecule has 1 aliphatic carbocycles. The van der Waals surface area contributed by atoms with Gasteiger partial charge in [0.15, 0.2) is 0 Å². The number of hydrogen-bond donors (Lipinski definition) is 0. The number of hydrogen-bond acceptors (Lipinski definition) is 2. The molecule has 21 heavy (non-hydrogen) atoms. The van der Waals surface area contributed by atoms with E-state index in [0.717, 1.165) is 12.8 Å². The number of carbonyl (C=O) groups is 1. The van der Waals surface area contributed by atoms with E-state index in [9.17, 15) is 13.6 Å². The van der Waals surface area contributed by atoms with Crippen molar-refractivity contribution < 1.29 is 13.6 Å². The summed E-state index contributed by atoms with van der Waals surface area (Å²) in [6, 6.07) is 6.95. The Morgan fingerprint density at radius 3 is 2.24 bits per heavy atom. The van der Waals surface area contributed by atoms with Crippen LogP contribution in [0.2, 0.25) is 0 Å². The van der Waals surface area contributed by atoms with Crippen LogP contribution in [0, 0.1) is 0 Å². The lowest BCUT2D eigenvalue weighted by Gasteiger charge is -2.33. The highest BCUT2D eigenvalue weighted by molar-refractivity contribution is 7.99. The van der Waals surface area contributed by atoms with E-state index in [1.165, 1.54) is 12.8 Å². The molecular weight excluding hydrogens is 292 g/mol. The van der Waals surface area contributed by atoms with Gasteiger partial charge in [0.2, 0.25) is 0 Å². The summed E-state index contributed by atoms with van der Waals surface area (Å²) >= 11 is 0.501. The second-order valence-electron chi connectivity index (χ2n) is 5.65. The van der Waals surface area contributed by atoms with Crippen LogP contribution in [0.5, 0.6) is 0 Å². The van der Waals surface area contributed by atoms with Crippen LogP contribution in [-0.2, 0) is 0 Å². The van der Waals surface area contributed by atoms with Gasteiger partial charge in [-0.05, 0) is 51.0 Å². The van der Waals surface area contributed by atoms with Crippen LogP contribution in [0.4, 0.5) is 8.78 Å². The van der Waals surface area contributed by atoms with Crippen LogP contribution >= 0.6 is 11.8 Å². The molecule has 1 aliphatic rings. The number of nitrogens with zero attached hydrogens (tertiary/aromatic N) is 1. The summed E-state index contributed by atoms with van der Waals surface area (Å²) in [6.45, 7) is 4.05.